The van der Waals surface area contributed by atoms with E-state index < -0.39 is 5.41 Å². The van der Waals surface area contributed by atoms with Crippen LogP contribution in [0.25, 0.3) is 0 Å². The second-order valence-electron chi connectivity index (χ2n) is 8.68. The highest BCUT2D eigenvalue weighted by atomic mass is 16.5. The van der Waals surface area contributed by atoms with Crippen molar-refractivity contribution in [2.24, 2.45) is 11.8 Å². The van der Waals surface area contributed by atoms with Crippen LogP contribution in [-0.4, -0.2) is 54.5 Å². The Bertz CT molecular complexity index is 996. The van der Waals surface area contributed by atoms with Gasteiger partial charge >= 0.3 is 0 Å². The maximum Gasteiger partial charge on any atom is 0.254 e. The molecule has 4 atom stereocenters. The van der Waals surface area contributed by atoms with Gasteiger partial charge in [0.2, 0.25) is 0 Å². The lowest BCUT2D eigenvalue weighted by Gasteiger charge is -2.50. The Hall–Kier alpha value is -2.60. The van der Waals surface area contributed by atoms with E-state index in [4.69, 9.17) is 4.74 Å². The van der Waals surface area contributed by atoms with Crippen LogP contribution in [0, 0.1) is 11.8 Å². The van der Waals surface area contributed by atoms with E-state index in [0.29, 0.717) is 30.9 Å². The molecular weight excluding hydrogens is 356 g/mol. The summed E-state index contributed by atoms with van der Waals surface area (Å²) in [6.07, 6.45) is 4.77. The standard InChI is InChI=1S/C22H22N2O4/c1-23-7-6-22-14-3-2-4-15(25)20(14)24-18(27)10-16-19(21(22)24)13(9-17(22)26)12(11-23)5-8-28-16/h2-5,10,13,19,21,25H,6-9,11H2,1H3/t13-,19-,21-,22+/m0/s1. The average Bonchev–Trinajstić information content (AvgIpc) is 2.92. The molecule has 6 aliphatic rings. The monoisotopic (exact) mass is 378 g/mol. The molecule has 1 aromatic carbocycles. The van der Waals surface area contributed by atoms with Gasteiger partial charge in [0.1, 0.15) is 23.9 Å². The zero-order chi connectivity index (χ0) is 19.2. The quantitative estimate of drug-likeness (QED) is 0.697. The molecule has 6 nitrogen and oxygen atoms in total. The third kappa shape index (κ3) is 1.77. The number of nitrogens with zero attached hydrogens (tertiary/aromatic N) is 2. The Balaban J connectivity index is 1.70. The number of phenols is 1. The maximum atomic E-state index is 13.8. The second-order valence-corrected chi connectivity index (χ2v) is 8.68. The maximum absolute atomic E-state index is 13.8. The van der Waals surface area contributed by atoms with Crippen molar-refractivity contribution >= 4 is 17.4 Å². The summed E-state index contributed by atoms with van der Waals surface area (Å²) in [6, 6.07) is 4.98. The van der Waals surface area contributed by atoms with Gasteiger partial charge in [-0.25, -0.2) is 0 Å². The number of phenolic OH excluding ortho intramolecular Hbond substituents is 1. The van der Waals surface area contributed by atoms with Gasteiger partial charge in [-0.05, 0) is 43.6 Å². The van der Waals surface area contributed by atoms with E-state index in [-0.39, 0.29) is 35.3 Å². The predicted octanol–water partition coefficient (Wildman–Crippen LogP) is 1.74. The van der Waals surface area contributed by atoms with Crippen LogP contribution in [0.15, 0.2) is 41.7 Å². The second kappa shape index (κ2) is 5.26. The van der Waals surface area contributed by atoms with Crippen LogP contribution in [0.5, 0.6) is 5.75 Å². The number of aromatic hydroxyl groups is 1. The van der Waals surface area contributed by atoms with Gasteiger partial charge in [-0.2, -0.15) is 0 Å². The number of rotatable bonds is 0. The van der Waals surface area contributed by atoms with Crippen molar-refractivity contribution in [2.75, 3.05) is 31.6 Å². The normalized spacial score (nSPS) is 35.9. The van der Waals surface area contributed by atoms with Gasteiger partial charge in [-0.1, -0.05) is 17.7 Å². The van der Waals surface area contributed by atoms with Crippen LogP contribution in [0.4, 0.5) is 5.69 Å². The van der Waals surface area contributed by atoms with Gasteiger partial charge < -0.3 is 14.7 Å². The Morgan fingerprint density at radius 2 is 2.14 bits per heavy atom. The van der Waals surface area contributed by atoms with E-state index in [2.05, 4.69) is 18.0 Å². The number of para-hydroxylation sites is 1. The number of fused-ring (bicyclic) bond motifs is 6. The van der Waals surface area contributed by atoms with Crippen LogP contribution in [-0.2, 0) is 19.7 Å². The highest BCUT2D eigenvalue weighted by Gasteiger charge is 2.67. The minimum absolute atomic E-state index is 0.0342. The van der Waals surface area contributed by atoms with Crippen LogP contribution in [0.3, 0.4) is 0 Å². The van der Waals surface area contributed by atoms with Gasteiger partial charge in [-0.15, -0.1) is 0 Å². The molecule has 1 N–H and O–H groups in total. The Kier molecular flexibility index (Phi) is 3.07. The number of Topliss-reactive ketones (excluding diaryl/α,β-unsaturated/α-hetero) is 1. The van der Waals surface area contributed by atoms with Crippen LogP contribution in [0.1, 0.15) is 18.4 Å². The van der Waals surface area contributed by atoms with Gasteiger partial charge in [0, 0.05) is 25.0 Å². The van der Waals surface area contributed by atoms with Crippen molar-refractivity contribution in [1.82, 2.24) is 4.90 Å². The number of carbonyl (C=O) groups excluding carboxylic acids is 2. The molecule has 4 bridgehead atoms. The zero-order valence-electron chi connectivity index (χ0n) is 15.7. The number of benzene rings is 1. The van der Waals surface area contributed by atoms with Crippen LogP contribution in [0.2, 0.25) is 0 Å². The SMILES string of the molecule is CN1CC[C@]23C(=O)C[C@H]4C(=CCOC5=CC(=O)N(c6c(O)cccc62)[C@H]3[C@H]54)C1. The molecule has 1 saturated carbocycles. The highest BCUT2D eigenvalue weighted by molar-refractivity contribution is 6.11. The summed E-state index contributed by atoms with van der Waals surface area (Å²) in [4.78, 5) is 30.9. The minimum atomic E-state index is -0.790. The van der Waals surface area contributed by atoms with Gasteiger partial charge in [-0.3, -0.25) is 14.5 Å². The topological polar surface area (TPSA) is 70.1 Å². The first kappa shape index (κ1) is 16.4. The molecule has 0 unspecified atom stereocenters. The molecule has 0 aromatic heterocycles. The van der Waals surface area contributed by atoms with Gasteiger partial charge in [0.25, 0.3) is 5.91 Å². The van der Waals surface area contributed by atoms with E-state index in [9.17, 15) is 14.7 Å². The summed E-state index contributed by atoms with van der Waals surface area (Å²) in [7, 11) is 2.08. The fourth-order valence-corrected chi connectivity index (χ4v) is 6.32. The molecule has 6 heteroatoms. The van der Waals surface area contributed by atoms with Crippen molar-refractivity contribution in [3.05, 3.63) is 47.2 Å². The van der Waals surface area contributed by atoms with Crippen LogP contribution < -0.4 is 4.90 Å². The summed E-state index contributed by atoms with van der Waals surface area (Å²) in [5, 5.41) is 10.7. The summed E-state index contributed by atoms with van der Waals surface area (Å²) >= 11 is 0. The molecule has 5 heterocycles. The number of ketones is 1. The van der Waals surface area contributed by atoms with Crippen molar-refractivity contribution in [3.63, 3.8) is 0 Å². The number of carbonyl (C=O) groups is 2. The molecule has 3 fully saturated rings. The number of hydrogen-bond acceptors (Lipinski definition) is 5. The smallest absolute Gasteiger partial charge is 0.254 e. The van der Waals surface area contributed by atoms with E-state index in [1.165, 1.54) is 5.57 Å². The predicted molar refractivity (Wildman–Crippen MR) is 102 cm³/mol. The summed E-state index contributed by atoms with van der Waals surface area (Å²) in [6.45, 7) is 2.01. The summed E-state index contributed by atoms with van der Waals surface area (Å²) in [5.74, 6) is 0.734. The molecule has 1 spiro atoms. The lowest BCUT2D eigenvalue weighted by Crippen LogP contribution is -2.62. The largest absolute Gasteiger partial charge is 0.506 e. The van der Waals surface area contributed by atoms with E-state index in [1.54, 1.807) is 23.1 Å². The fourth-order valence-electron chi connectivity index (χ4n) is 6.32. The molecule has 5 aliphatic heterocycles. The summed E-state index contributed by atoms with van der Waals surface area (Å²) < 4.78 is 6.03. The molecule has 144 valence electrons. The van der Waals surface area contributed by atoms with Gasteiger partial charge in [0.15, 0.2) is 0 Å². The molecule has 28 heavy (non-hydrogen) atoms. The van der Waals surface area contributed by atoms with Crippen molar-refractivity contribution < 1.29 is 19.4 Å². The first-order valence-electron chi connectivity index (χ1n) is 9.93. The molecule has 1 aliphatic carbocycles. The Labute approximate surface area is 163 Å². The third-order valence-corrected chi connectivity index (χ3v) is 7.44. The Morgan fingerprint density at radius 1 is 1.29 bits per heavy atom. The average molecular weight is 378 g/mol. The van der Waals surface area contributed by atoms with E-state index >= 15 is 0 Å². The third-order valence-electron chi connectivity index (χ3n) is 7.44. The fraction of sp³-hybridized carbons (Fsp3) is 0.455. The number of ether oxygens (including phenoxy) is 1. The van der Waals surface area contributed by atoms with Gasteiger partial charge in [0.05, 0.1) is 17.1 Å². The molecular formula is C22H22N2O4. The van der Waals surface area contributed by atoms with Crippen molar-refractivity contribution in [1.29, 1.82) is 0 Å². The lowest BCUT2D eigenvalue weighted by molar-refractivity contribution is -0.131. The van der Waals surface area contributed by atoms with Crippen LogP contribution >= 0.6 is 0 Å². The highest BCUT2D eigenvalue weighted by Crippen LogP contribution is 2.61. The number of hydrogen-bond donors (Lipinski definition) is 1. The van der Waals surface area contributed by atoms with Crippen molar-refractivity contribution in [2.45, 2.75) is 24.3 Å². The Morgan fingerprint density at radius 3 is 3.00 bits per heavy atom. The minimum Gasteiger partial charge on any atom is -0.506 e. The molecule has 0 radical (unpaired) electrons. The molecule has 7 rings (SSSR count). The molecule has 1 aromatic rings. The number of amides is 1. The van der Waals surface area contributed by atoms with E-state index in [1.807, 2.05) is 6.07 Å². The molecule has 1 amide bonds. The zero-order valence-corrected chi connectivity index (χ0v) is 15.7. The summed E-state index contributed by atoms with van der Waals surface area (Å²) in [5.41, 5.74) is 1.75. The van der Waals surface area contributed by atoms with E-state index in [0.717, 1.165) is 18.7 Å². The molecule has 2 saturated heterocycles. The number of likely N-dealkylation sites (N-methyl/N-ethyl adjacent to an activating group) is 1. The first-order valence-corrected chi connectivity index (χ1v) is 9.93. The van der Waals surface area contributed by atoms with Crippen molar-refractivity contribution in [3.8, 4) is 5.75 Å². The number of anilines is 1. The lowest BCUT2D eigenvalue weighted by atomic mass is 9.56. The first-order chi connectivity index (χ1) is 13.5.